The SMILES string of the molecule is OCC(Cc1ccccc1)Cc1c(F)ccc(Br)c1F. The molecule has 1 N–H and O–H groups in total. The summed E-state index contributed by atoms with van der Waals surface area (Å²) in [7, 11) is 0. The third-order valence-corrected chi connectivity index (χ3v) is 3.87. The predicted octanol–water partition coefficient (Wildman–Crippen LogP) is 4.12. The van der Waals surface area contributed by atoms with Gasteiger partial charge in [-0.2, -0.15) is 0 Å². The average Bonchev–Trinajstić information content (AvgIpc) is 2.47. The van der Waals surface area contributed by atoms with Crippen LogP contribution in [-0.4, -0.2) is 11.7 Å². The summed E-state index contributed by atoms with van der Waals surface area (Å²) in [6.07, 6.45) is 0.755. The van der Waals surface area contributed by atoms with Crippen molar-refractivity contribution < 1.29 is 13.9 Å². The second-order valence-electron chi connectivity index (χ2n) is 4.76. The molecular weight excluding hydrogens is 326 g/mol. The normalized spacial score (nSPS) is 12.4. The Morgan fingerprint density at radius 2 is 1.70 bits per heavy atom. The molecule has 0 bridgehead atoms. The van der Waals surface area contributed by atoms with Gasteiger partial charge in [0.25, 0.3) is 0 Å². The molecular formula is C16H15BrF2O. The molecule has 20 heavy (non-hydrogen) atoms. The van der Waals surface area contributed by atoms with Crippen molar-refractivity contribution in [2.75, 3.05) is 6.61 Å². The monoisotopic (exact) mass is 340 g/mol. The molecule has 0 aromatic heterocycles. The molecule has 1 unspecified atom stereocenters. The highest BCUT2D eigenvalue weighted by Gasteiger charge is 2.17. The van der Waals surface area contributed by atoms with E-state index in [0.29, 0.717) is 6.42 Å². The third-order valence-electron chi connectivity index (χ3n) is 3.26. The van der Waals surface area contributed by atoms with E-state index in [0.717, 1.165) is 5.56 Å². The van der Waals surface area contributed by atoms with E-state index in [2.05, 4.69) is 15.9 Å². The molecule has 1 nitrogen and oxygen atoms in total. The van der Waals surface area contributed by atoms with Crippen LogP contribution in [0.2, 0.25) is 0 Å². The quantitative estimate of drug-likeness (QED) is 0.811. The molecule has 4 heteroatoms. The Morgan fingerprint density at radius 1 is 1.00 bits per heavy atom. The molecule has 2 aromatic carbocycles. The van der Waals surface area contributed by atoms with Crippen molar-refractivity contribution in [1.29, 1.82) is 0 Å². The molecule has 0 fully saturated rings. The summed E-state index contributed by atoms with van der Waals surface area (Å²) in [5.41, 5.74) is 1.07. The summed E-state index contributed by atoms with van der Waals surface area (Å²) in [6.45, 7) is -0.111. The van der Waals surface area contributed by atoms with Crippen molar-refractivity contribution in [2.45, 2.75) is 12.8 Å². The molecule has 1 atom stereocenters. The first-order valence-corrected chi connectivity index (χ1v) is 7.18. The van der Waals surface area contributed by atoms with E-state index < -0.39 is 11.6 Å². The van der Waals surface area contributed by atoms with Gasteiger partial charge in [0.2, 0.25) is 0 Å². The van der Waals surface area contributed by atoms with Crippen LogP contribution in [0.5, 0.6) is 0 Å². The van der Waals surface area contributed by atoms with Gasteiger partial charge in [0.1, 0.15) is 11.6 Å². The summed E-state index contributed by atoms with van der Waals surface area (Å²) >= 11 is 3.05. The topological polar surface area (TPSA) is 20.2 Å². The van der Waals surface area contributed by atoms with Gasteiger partial charge in [-0.15, -0.1) is 0 Å². The highest BCUT2D eigenvalue weighted by Crippen LogP contribution is 2.25. The van der Waals surface area contributed by atoms with Crippen LogP contribution < -0.4 is 0 Å². The minimum Gasteiger partial charge on any atom is -0.396 e. The Hall–Kier alpha value is -1.26. The van der Waals surface area contributed by atoms with Crippen molar-refractivity contribution in [1.82, 2.24) is 0 Å². The Balaban J connectivity index is 2.17. The van der Waals surface area contributed by atoms with Crippen LogP contribution >= 0.6 is 15.9 Å². The van der Waals surface area contributed by atoms with E-state index in [1.54, 1.807) is 0 Å². The lowest BCUT2D eigenvalue weighted by Crippen LogP contribution is -2.15. The number of rotatable bonds is 5. The van der Waals surface area contributed by atoms with Gasteiger partial charge >= 0.3 is 0 Å². The first kappa shape index (κ1) is 15.1. The Bertz CT molecular complexity index is 572. The van der Waals surface area contributed by atoms with Gasteiger partial charge in [-0.1, -0.05) is 30.3 Å². The van der Waals surface area contributed by atoms with Crippen molar-refractivity contribution >= 4 is 15.9 Å². The van der Waals surface area contributed by atoms with E-state index >= 15 is 0 Å². The van der Waals surface area contributed by atoms with Gasteiger partial charge < -0.3 is 5.11 Å². The van der Waals surface area contributed by atoms with Crippen molar-refractivity contribution in [3.63, 3.8) is 0 Å². The first-order valence-electron chi connectivity index (χ1n) is 6.39. The minimum atomic E-state index is -0.587. The van der Waals surface area contributed by atoms with Gasteiger partial charge in [0.05, 0.1) is 4.47 Å². The molecule has 0 saturated carbocycles. The third kappa shape index (κ3) is 3.64. The smallest absolute Gasteiger partial charge is 0.143 e. The highest BCUT2D eigenvalue weighted by atomic mass is 79.9. The van der Waals surface area contributed by atoms with E-state index in [-0.39, 0.29) is 29.0 Å². The van der Waals surface area contributed by atoms with Gasteiger partial charge in [-0.25, -0.2) is 8.78 Å². The lowest BCUT2D eigenvalue weighted by atomic mass is 9.93. The largest absolute Gasteiger partial charge is 0.396 e. The van der Waals surface area contributed by atoms with Crippen LogP contribution in [0.25, 0.3) is 0 Å². The fourth-order valence-corrected chi connectivity index (χ4v) is 2.57. The molecule has 106 valence electrons. The number of hydrogen-bond acceptors (Lipinski definition) is 1. The fraction of sp³-hybridized carbons (Fsp3) is 0.250. The van der Waals surface area contributed by atoms with Gasteiger partial charge in [-0.05, 0) is 52.4 Å². The van der Waals surface area contributed by atoms with Crippen LogP contribution in [0.15, 0.2) is 46.9 Å². The van der Waals surface area contributed by atoms with Crippen LogP contribution in [0.3, 0.4) is 0 Å². The number of hydrogen-bond donors (Lipinski definition) is 1. The molecule has 0 aliphatic carbocycles. The molecule has 0 saturated heterocycles. The second kappa shape index (κ2) is 6.95. The summed E-state index contributed by atoms with van der Waals surface area (Å²) in [5, 5.41) is 9.44. The van der Waals surface area contributed by atoms with E-state index in [1.165, 1.54) is 12.1 Å². The van der Waals surface area contributed by atoms with Crippen LogP contribution in [-0.2, 0) is 12.8 Å². The van der Waals surface area contributed by atoms with Crippen LogP contribution in [0.1, 0.15) is 11.1 Å². The highest BCUT2D eigenvalue weighted by molar-refractivity contribution is 9.10. The summed E-state index contributed by atoms with van der Waals surface area (Å²) in [4.78, 5) is 0. The first-order chi connectivity index (χ1) is 9.61. The maximum atomic E-state index is 13.9. The Labute approximate surface area is 125 Å². The van der Waals surface area contributed by atoms with Crippen molar-refractivity contribution in [3.8, 4) is 0 Å². The zero-order valence-electron chi connectivity index (χ0n) is 10.8. The summed E-state index contributed by atoms with van der Waals surface area (Å²) < 4.78 is 27.9. The number of aliphatic hydroxyl groups is 1. The number of aliphatic hydroxyl groups excluding tert-OH is 1. The zero-order valence-corrected chi connectivity index (χ0v) is 12.4. The molecule has 0 aliphatic heterocycles. The van der Waals surface area contributed by atoms with Crippen LogP contribution in [0.4, 0.5) is 8.78 Å². The lowest BCUT2D eigenvalue weighted by molar-refractivity contribution is 0.223. The molecule has 0 aliphatic rings. The Kier molecular flexibility index (Phi) is 5.26. The van der Waals surface area contributed by atoms with E-state index in [9.17, 15) is 13.9 Å². The maximum absolute atomic E-state index is 13.9. The summed E-state index contributed by atoms with van der Waals surface area (Å²) in [5.74, 6) is -1.37. The molecule has 2 aromatic rings. The molecule has 0 heterocycles. The number of halogens is 3. The number of benzene rings is 2. The van der Waals surface area contributed by atoms with Crippen LogP contribution in [0, 0.1) is 17.6 Å². The maximum Gasteiger partial charge on any atom is 0.143 e. The zero-order chi connectivity index (χ0) is 14.5. The average molecular weight is 341 g/mol. The minimum absolute atomic E-state index is 0.0226. The predicted molar refractivity (Wildman–Crippen MR) is 78.5 cm³/mol. The summed E-state index contributed by atoms with van der Waals surface area (Å²) in [6, 6.07) is 12.2. The molecule has 2 rings (SSSR count). The van der Waals surface area contributed by atoms with Gasteiger partial charge in [-0.3, -0.25) is 0 Å². The second-order valence-corrected chi connectivity index (χ2v) is 5.62. The molecule has 0 radical (unpaired) electrons. The Morgan fingerprint density at radius 3 is 2.35 bits per heavy atom. The molecule has 0 spiro atoms. The van der Waals surface area contributed by atoms with E-state index in [4.69, 9.17) is 0 Å². The van der Waals surface area contributed by atoms with Gasteiger partial charge in [0, 0.05) is 12.2 Å². The molecule has 0 amide bonds. The van der Waals surface area contributed by atoms with Crippen molar-refractivity contribution in [3.05, 3.63) is 69.7 Å². The van der Waals surface area contributed by atoms with Crippen molar-refractivity contribution in [2.24, 2.45) is 5.92 Å². The lowest BCUT2D eigenvalue weighted by Gasteiger charge is -2.16. The van der Waals surface area contributed by atoms with E-state index in [1.807, 2.05) is 30.3 Å². The fourth-order valence-electron chi connectivity index (χ4n) is 2.19. The standard InChI is InChI=1S/C16H15BrF2O/c17-14-6-7-15(18)13(16(14)19)9-12(10-20)8-11-4-2-1-3-5-11/h1-7,12,20H,8-10H2. The van der Waals surface area contributed by atoms with Gasteiger partial charge in [0.15, 0.2) is 0 Å².